The molecule has 1 fully saturated rings. The van der Waals surface area contributed by atoms with E-state index in [1.807, 2.05) is 16.5 Å². The van der Waals surface area contributed by atoms with Gasteiger partial charge in [-0.05, 0) is 18.8 Å². The summed E-state index contributed by atoms with van der Waals surface area (Å²) in [5.41, 5.74) is 6.00. The lowest BCUT2D eigenvalue weighted by Gasteiger charge is -2.33. The molecule has 1 aromatic heterocycles. The molecule has 0 saturated carbocycles. The zero-order valence-electron chi connectivity index (χ0n) is 12.6. The fourth-order valence-corrected chi connectivity index (χ4v) is 2.64. The van der Waals surface area contributed by atoms with Crippen LogP contribution in [0.4, 0.5) is 0 Å². The largest absolute Gasteiger partial charge is 0.342 e. The molecule has 0 radical (unpaired) electrons. The first kappa shape index (κ1) is 15.0. The molecule has 0 aliphatic carbocycles. The zero-order chi connectivity index (χ0) is 14.7. The first-order valence-electron chi connectivity index (χ1n) is 7.36. The van der Waals surface area contributed by atoms with Gasteiger partial charge in [0.25, 0.3) is 0 Å². The number of nitrogens with two attached hydrogens (primary N) is 1. The zero-order valence-corrected chi connectivity index (χ0v) is 12.6. The molecule has 6 nitrogen and oxygen atoms in total. The van der Waals surface area contributed by atoms with Gasteiger partial charge in [-0.2, -0.15) is 0 Å². The molecule has 2 heterocycles. The van der Waals surface area contributed by atoms with Crippen molar-refractivity contribution >= 4 is 5.91 Å². The van der Waals surface area contributed by atoms with Crippen molar-refractivity contribution in [2.45, 2.75) is 45.1 Å². The maximum absolute atomic E-state index is 12.3. The summed E-state index contributed by atoms with van der Waals surface area (Å²) in [4.78, 5) is 14.3. The molecule has 0 bridgehead atoms. The van der Waals surface area contributed by atoms with Crippen LogP contribution in [0.3, 0.4) is 0 Å². The normalized spacial score (nSPS) is 21.2. The molecule has 20 heavy (non-hydrogen) atoms. The molecular weight excluding hydrogens is 254 g/mol. The fraction of sp³-hybridized carbons (Fsp3) is 0.786. The molecule has 2 rings (SSSR count). The summed E-state index contributed by atoms with van der Waals surface area (Å²) in [6, 6.07) is -0.0577. The summed E-state index contributed by atoms with van der Waals surface area (Å²) in [5.74, 6) is 1.75. The summed E-state index contributed by atoms with van der Waals surface area (Å²) in [6.07, 6.45) is 4.22. The monoisotopic (exact) mass is 279 g/mol. The Bertz CT molecular complexity index is 456. The van der Waals surface area contributed by atoms with Crippen LogP contribution in [-0.2, 0) is 11.8 Å². The van der Waals surface area contributed by atoms with Crippen molar-refractivity contribution in [2.24, 2.45) is 18.7 Å². The van der Waals surface area contributed by atoms with Crippen LogP contribution >= 0.6 is 0 Å². The molecule has 1 saturated heterocycles. The lowest BCUT2D eigenvalue weighted by molar-refractivity contribution is -0.133. The van der Waals surface area contributed by atoms with E-state index in [0.717, 1.165) is 31.8 Å². The predicted molar refractivity (Wildman–Crippen MR) is 77.0 cm³/mol. The number of carbonyl (C=O) groups is 1. The molecule has 2 N–H and O–H groups in total. The van der Waals surface area contributed by atoms with Gasteiger partial charge in [0.1, 0.15) is 12.2 Å². The topological polar surface area (TPSA) is 77.0 Å². The van der Waals surface area contributed by atoms with E-state index in [0.29, 0.717) is 12.3 Å². The van der Waals surface area contributed by atoms with Gasteiger partial charge < -0.3 is 15.2 Å². The molecule has 1 amide bonds. The van der Waals surface area contributed by atoms with Gasteiger partial charge in [0.2, 0.25) is 5.91 Å². The average Bonchev–Trinajstić information content (AvgIpc) is 2.85. The molecule has 1 aliphatic heterocycles. The molecule has 2 atom stereocenters. The number of hydrogen-bond donors (Lipinski definition) is 1. The van der Waals surface area contributed by atoms with Crippen molar-refractivity contribution in [1.82, 2.24) is 19.7 Å². The standard InChI is InChI=1S/C14H25N5O/c1-10(2)12(15)7-13(20)19-6-4-5-11(8-19)14-17-16-9-18(14)3/h9-12H,4-8,15H2,1-3H3. The lowest BCUT2D eigenvalue weighted by Crippen LogP contribution is -2.43. The van der Waals surface area contributed by atoms with Gasteiger partial charge in [-0.25, -0.2) is 0 Å². The molecule has 1 aliphatic rings. The average molecular weight is 279 g/mol. The predicted octanol–water partition coefficient (Wildman–Crippen LogP) is 0.894. The highest BCUT2D eigenvalue weighted by Crippen LogP contribution is 2.25. The van der Waals surface area contributed by atoms with E-state index in [9.17, 15) is 4.79 Å². The summed E-state index contributed by atoms with van der Waals surface area (Å²) in [5, 5.41) is 8.10. The highest BCUT2D eigenvalue weighted by molar-refractivity contribution is 5.77. The summed E-state index contributed by atoms with van der Waals surface area (Å²) >= 11 is 0. The molecule has 0 aromatic carbocycles. The van der Waals surface area contributed by atoms with Crippen molar-refractivity contribution in [3.8, 4) is 0 Å². The van der Waals surface area contributed by atoms with Crippen molar-refractivity contribution in [3.05, 3.63) is 12.2 Å². The van der Waals surface area contributed by atoms with Crippen LogP contribution in [0.2, 0.25) is 0 Å². The van der Waals surface area contributed by atoms with Gasteiger partial charge in [0.05, 0.1) is 0 Å². The van der Waals surface area contributed by atoms with E-state index < -0.39 is 0 Å². The summed E-state index contributed by atoms with van der Waals surface area (Å²) in [7, 11) is 1.95. The second-order valence-corrected chi connectivity index (χ2v) is 6.09. The van der Waals surface area contributed by atoms with Gasteiger partial charge in [0, 0.05) is 38.5 Å². The van der Waals surface area contributed by atoms with E-state index >= 15 is 0 Å². The van der Waals surface area contributed by atoms with Crippen LogP contribution in [0.25, 0.3) is 0 Å². The number of aryl methyl sites for hydroxylation is 1. The van der Waals surface area contributed by atoms with Gasteiger partial charge in [-0.1, -0.05) is 13.8 Å². The SMILES string of the molecule is CC(C)C(N)CC(=O)N1CCCC(c2nncn2C)C1. The van der Waals surface area contributed by atoms with Crippen molar-refractivity contribution in [2.75, 3.05) is 13.1 Å². The highest BCUT2D eigenvalue weighted by Gasteiger charge is 2.28. The van der Waals surface area contributed by atoms with Gasteiger partial charge in [-0.15, -0.1) is 10.2 Å². The van der Waals surface area contributed by atoms with Crippen molar-refractivity contribution < 1.29 is 4.79 Å². The van der Waals surface area contributed by atoms with E-state index in [4.69, 9.17) is 5.73 Å². The molecule has 2 unspecified atom stereocenters. The van der Waals surface area contributed by atoms with Crippen molar-refractivity contribution in [1.29, 1.82) is 0 Å². The number of aromatic nitrogens is 3. The second kappa shape index (κ2) is 6.35. The Morgan fingerprint density at radius 2 is 2.30 bits per heavy atom. The third-order valence-electron chi connectivity index (χ3n) is 4.15. The molecular formula is C14H25N5O. The maximum atomic E-state index is 12.3. The smallest absolute Gasteiger partial charge is 0.224 e. The van der Waals surface area contributed by atoms with Crippen LogP contribution in [-0.4, -0.2) is 44.7 Å². The Hall–Kier alpha value is -1.43. The number of carbonyl (C=O) groups excluding carboxylic acids is 1. The van der Waals surface area contributed by atoms with E-state index in [1.54, 1.807) is 6.33 Å². The molecule has 6 heteroatoms. The quantitative estimate of drug-likeness (QED) is 0.888. The molecule has 1 aromatic rings. The van der Waals surface area contributed by atoms with Gasteiger partial charge >= 0.3 is 0 Å². The van der Waals surface area contributed by atoms with Gasteiger partial charge in [-0.3, -0.25) is 4.79 Å². The van der Waals surface area contributed by atoms with Crippen LogP contribution < -0.4 is 5.73 Å². The summed E-state index contributed by atoms with van der Waals surface area (Å²) < 4.78 is 1.94. The fourth-order valence-electron chi connectivity index (χ4n) is 2.64. The van der Waals surface area contributed by atoms with Crippen LogP contribution in [0.1, 0.15) is 44.9 Å². The number of likely N-dealkylation sites (tertiary alicyclic amines) is 1. The number of hydrogen-bond acceptors (Lipinski definition) is 4. The van der Waals surface area contributed by atoms with Crippen LogP contribution in [0.5, 0.6) is 0 Å². The van der Waals surface area contributed by atoms with Crippen LogP contribution in [0.15, 0.2) is 6.33 Å². The van der Waals surface area contributed by atoms with Crippen molar-refractivity contribution in [3.63, 3.8) is 0 Å². The minimum Gasteiger partial charge on any atom is -0.342 e. The maximum Gasteiger partial charge on any atom is 0.224 e. The third kappa shape index (κ3) is 3.36. The minimum absolute atomic E-state index is 0.0577. The minimum atomic E-state index is -0.0577. The Kier molecular flexibility index (Phi) is 4.75. The van der Waals surface area contributed by atoms with E-state index in [1.165, 1.54) is 0 Å². The van der Waals surface area contributed by atoms with Gasteiger partial charge in [0.15, 0.2) is 0 Å². The number of piperidine rings is 1. The Morgan fingerprint density at radius 1 is 1.55 bits per heavy atom. The number of rotatable bonds is 4. The van der Waals surface area contributed by atoms with E-state index in [2.05, 4.69) is 24.0 Å². The first-order valence-corrected chi connectivity index (χ1v) is 7.36. The Balaban J connectivity index is 1.97. The first-order chi connectivity index (χ1) is 9.49. The Labute approximate surface area is 120 Å². The second-order valence-electron chi connectivity index (χ2n) is 6.09. The van der Waals surface area contributed by atoms with Crippen LogP contribution in [0, 0.1) is 5.92 Å². The third-order valence-corrected chi connectivity index (χ3v) is 4.15. The highest BCUT2D eigenvalue weighted by atomic mass is 16.2. The lowest BCUT2D eigenvalue weighted by atomic mass is 9.95. The number of nitrogens with zero attached hydrogens (tertiary/aromatic N) is 4. The summed E-state index contributed by atoms with van der Waals surface area (Å²) in [6.45, 7) is 5.67. The molecule has 0 spiro atoms. The molecule has 112 valence electrons. The number of amides is 1. The Morgan fingerprint density at radius 3 is 2.90 bits per heavy atom. The van der Waals surface area contributed by atoms with E-state index in [-0.39, 0.29) is 17.9 Å².